The summed E-state index contributed by atoms with van der Waals surface area (Å²) in [5.41, 5.74) is 2.45. The Morgan fingerprint density at radius 2 is 1.80 bits per heavy atom. The van der Waals surface area contributed by atoms with Gasteiger partial charge in [0, 0.05) is 41.7 Å². The molecule has 8 nitrogen and oxygen atoms in total. The smallest absolute Gasteiger partial charge is 0.308 e. The Morgan fingerprint density at radius 3 is 2.49 bits per heavy atom. The maximum Gasteiger partial charge on any atom is 0.308 e. The first-order valence-electron chi connectivity index (χ1n) is 11.2. The van der Waals surface area contributed by atoms with E-state index in [1.165, 1.54) is 0 Å². The van der Waals surface area contributed by atoms with E-state index >= 15 is 0 Å². The largest absolute Gasteiger partial charge is 0.611 e. The lowest BCUT2D eigenvalue weighted by Crippen LogP contribution is -2.35. The van der Waals surface area contributed by atoms with Crippen LogP contribution in [0.3, 0.4) is 0 Å². The first-order chi connectivity index (χ1) is 17.0. The molecule has 0 spiro atoms. The van der Waals surface area contributed by atoms with Gasteiger partial charge in [0.1, 0.15) is 0 Å². The molecule has 0 aliphatic carbocycles. The van der Waals surface area contributed by atoms with E-state index in [1.54, 1.807) is 72.8 Å². The fourth-order valence-corrected chi connectivity index (χ4v) is 5.15. The summed E-state index contributed by atoms with van der Waals surface area (Å²) in [4.78, 5) is 29.0. The van der Waals surface area contributed by atoms with Crippen LogP contribution in [0, 0.1) is 0 Å². The normalized spacial score (nSPS) is 14.7. The van der Waals surface area contributed by atoms with Crippen molar-refractivity contribution in [3.8, 4) is 0 Å². The van der Waals surface area contributed by atoms with Gasteiger partial charge in [-0.2, -0.15) is 0 Å². The summed E-state index contributed by atoms with van der Waals surface area (Å²) in [7, 11) is 0. The number of nitrogens with one attached hydrogen (secondary N) is 3. The highest BCUT2D eigenvalue weighted by atomic mass is 32.2. The Labute approximate surface area is 206 Å². The van der Waals surface area contributed by atoms with Crippen LogP contribution in [0.2, 0.25) is 0 Å². The number of amides is 1. The number of carboxylic acid groups (broad SMARTS) is 1. The number of rotatable bonds is 8. The summed E-state index contributed by atoms with van der Waals surface area (Å²) >= 11 is -1.63. The molecule has 35 heavy (non-hydrogen) atoms. The average molecular weight is 491 g/mol. The number of benzene rings is 3. The number of aliphatic carboxylic acids is 1. The third-order valence-corrected chi connectivity index (χ3v) is 7.10. The molecule has 180 valence electrons. The zero-order chi connectivity index (χ0) is 24.6. The monoisotopic (exact) mass is 490 g/mol. The maximum atomic E-state index is 13.3. The van der Waals surface area contributed by atoms with E-state index in [0.717, 1.165) is 31.2 Å². The zero-order valence-corrected chi connectivity index (χ0v) is 19.8. The van der Waals surface area contributed by atoms with Gasteiger partial charge in [0.2, 0.25) is 0 Å². The van der Waals surface area contributed by atoms with Gasteiger partial charge in [-0.25, -0.2) is 0 Å². The molecule has 4 N–H and O–H groups in total. The van der Waals surface area contributed by atoms with Gasteiger partial charge >= 0.3 is 5.97 Å². The molecule has 0 fully saturated rings. The summed E-state index contributed by atoms with van der Waals surface area (Å²) in [6.45, 7) is 1.65. The van der Waals surface area contributed by atoms with Crippen molar-refractivity contribution < 1.29 is 19.2 Å². The Morgan fingerprint density at radius 1 is 1.03 bits per heavy atom. The highest BCUT2D eigenvalue weighted by Gasteiger charge is 2.29. The SMILES string of the molecule is O=C(O)CC(c1ccccc1)[S+]([O-])c1cccc(NC(=O)c2ccc(NC3=NCCCN3)cc2)c1. The first-order valence-corrected chi connectivity index (χ1v) is 12.4. The molecular formula is C26H26N4O4S. The minimum Gasteiger partial charge on any atom is -0.611 e. The average Bonchev–Trinajstić information content (AvgIpc) is 2.88. The zero-order valence-electron chi connectivity index (χ0n) is 18.9. The standard InChI is InChI=1S/C26H26N4O4S/c31-24(32)17-23(18-6-2-1-3-7-18)35(34)22-9-4-8-21(16-22)29-25(33)19-10-12-20(13-11-19)30-26-27-14-5-15-28-26/h1-4,6-13,16,23H,5,14-15,17H2,(H,29,33)(H,31,32)(H2,27,28,30). The number of aliphatic imine (C=N–C) groups is 1. The van der Waals surface area contributed by atoms with Crippen LogP contribution in [-0.2, 0) is 16.0 Å². The van der Waals surface area contributed by atoms with E-state index in [9.17, 15) is 19.2 Å². The van der Waals surface area contributed by atoms with E-state index in [0.29, 0.717) is 21.7 Å². The molecule has 4 rings (SSSR count). The quantitative estimate of drug-likeness (QED) is 0.353. The maximum absolute atomic E-state index is 13.3. The fourth-order valence-electron chi connectivity index (χ4n) is 3.67. The summed E-state index contributed by atoms with van der Waals surface area (Å²) < 4.78 is 13.3. The van der Waals surface area contributed by atoms with Crippen LogP contribution in [0.1, 0.15) is 34.0 Å². The van der Waals surface area contributed by atoms with Gasteiger partial charge in [-0.15, -0.1) is 0 Å². The lowest BCUT2D eigenvalue weighted by Gasteiger charge is -2.21. The highest BCUT2D eigenvalue weighted by molar-refractivity contribution is 7.91. The molecule has 0 radical (unpaired) electrons. The van der Waals surface area contributed by atoms with Gasteiger partial charge in [0.05, 0.1) is 6.42 Å². The van der Waals surface area contributed by atoms with Crippen LogP contribution < -0.4 is 16.0 Å². The van der Waals surface area contributed by atoms with Crippen molar-refractivity contribution >= 4 is 40.4 Å². The van der Waals surface area contributed by atoms with Crippen molar-refractivity contribution in [1.82, 2.24) is 5.32 Å². The Hall–Kier alpha value is -3.82. The third kappa shape index (κ3) is 6.62. The van der Waals surface area contributed by atoms with Crippen LogP contribution in [-0.4, -0.2) is 40.6 Å². The van der Waals surface area contributed by atoms with Gasteiger partial charge in [0.15, 0.2) is 16.1 Å². The van der Waals surface area contributed by atoms with Crippen LogP contribution in [0.15, 0.2) is 88.8 Å². The number of guanidine groups is 1. The van der Waals surface area contributed by atoms with Crippen molar-refractivity contribution in [2.24, 2.45) is 4.99 Å². The summed E-state index contributed by atoms with van der Waals surface area (Å²) in [5, 5.41) is 17.8. The molecule has 0 aromatic heterocycles. The number of anilines is 2. The van der Waals surface area contributed by atoms with Gasteiger partial charge in [-0.3, -0.25) is 14.6 Å². The molecular weight excluding hydrogens is 464 g/mol. The Balaban J connectivity index is 1.45. The second-order valence-electron chi connectivity index (χ2n) is 7.99. The predicted molar refractivity (Wildman–Crippen MR) is 137 cm³/mol. The molecule has 0 saturated heterocycles. The van der Waals surface area contributed by atoms with Gasteiger partial charge in [0.25, 0.3) is 5.91 Å². The molecule has 3 aromatic rings. The number of hydrogen-bond acceptors (Lipinski definition) is 6. The molecule has 1 aliphatic heterocycles. The fraction of sp³-hybridized carbons (Fsp3) is 0.192. The van der Waals surface area contributed by atoms with E-state index < -0.39 is 22.4 Å². The second-order valence-corrected chi connectivity index (χ2v) is 9.62. The molecule has 9 heteroatoms. The van der Waals surface area contributed by atoms with Crippen molar-refractivity contribution in [3.05, 3.63) is 90.0 Å². The van der Waals surface area contributed by atoms with E-state index in [2.05, 4.69) is 20.9 Å². The molecule has 1 amide bonds. The number of carboxylic acids is 1. The van der Waals surface area contributed by atoms with Crippen molar-refractivity contribution in [2.45, 2.75) is 23.0 Å². The molecule has 1 heterocycles. The van der Waals surface area contributed by atoms with Crippen LogP contribution in [0.4, 0.5) is 11.4 Å². The third-order valence-electron chi connectivity index (χ3n) is 5.42. The number of carbonyl (C=O) groups excluding carboxylic acids is 1. The summed E-state index contributed by atoms with van der Waals surface area (Å²) in [6.07, 6.45) is 0.737. The number of carbonyl (C=O) groups is 2. The lowest BCUT2D eigenvalue weighted by molar-refractivity contribution is -0.137. The summed E-state index contributed by atoms with van der Waals surface area (Å²) in [5.74, 6) is -0.617. The Kier molecular flexibility index (Phi) is 8.02. The minimum absolute atomic E-state index is 0.268. The molecule has 1 aliphatic rings. The van der Waals surface area contributed by atoms with Crippen molar-refractivity contribution in [1.29, 1.82) is 0 Å². The first kappa shape index (κ1) is 24.3. The number of nitrogens with zero attached hydrogens (tertiary/aromatic N) is 1. The van der Waals surface area contributed by atoms with Gasteiger partial charge in [-0.1, -0.05) is 36.4 Å². The Bertz CT molecular complexity index is 1200. The topological polar surface area (TPSA) is 126 Å². The van der Waals surface area contributed by atoms with Gasteiger partial charge in [-0.05, 0) is 54.0 Å². The van der Waals surface area contributed by atoms with Gasteiger partial charge < -0.3 is 25.6 Å². The molecule has 2 atom stereocenters. The minimum atomic E-state index is -1.63. The molecule has 3 aromatic carbocycles. The van der Waals surface area contributed by atoms with Crippen LogP contribution >= 0.6 is 0 Å². The van der Waals surface area contributed by atoms with Crippen molar-refractivity contribution in [3.63, 3.8) is 0 Å². The second kappa shape index (κ2) is 11.5. The van der Waals surface area contributed by atoms with Crippen LogP contribution in [0.5, 0.6) is 0 Å². The molecule has 0 bridgehead atoms. The van der Waals surface area contributed by atoms with E-state index in [-0.39, 0.29) is 12.3 Å². The summed E-state index contributed by atoms with van der Waals surface area (Å²) in [6, 6.07) is 22.7. The van der Waals surface area contributed by atoms with E-state index in [4.69, 9.17) is 0 Å². The van der Waals surface area contributed by atoms with E-state index in [1.807, 2.05) is 6.07 Å². The lowest BCUT2D eigenvalue weighted by atomic mass is 10.1. The molecule has 2 unspecified atom stereocenters. The predicted octanol–water partition coefficient (Wildman–Crippen LogP) is 4.02. The number of hydrogen-bond donors (Lipinski definition) is 4. The van der Waals surface area contributed by atoms with Crippen LogP contribution in [0.25, 0.3) is 0 Å². The molecule has 0 saturated carbocycles. The van der Waals surface area contributed by atoms with Crippen molar-refractivity contribution in [2.75, 3.05) is 23.7 Å². The highest BCUT2D eigenvalue weighted by Crippen LogP contribution is 2.33.